The summed E-state index contributed by atoms with van der Waals surface area (Å²) in [6, 6.07) is 8.94. The van der Waals surface area contributed by atoms with Crippen molar-refractivity contribution in [3.05, 3.63) is 34.9 Å². The van der Waals surface area contributed by atoms with Gasteiger partial charge in [-0.25, -0.2) is 0 Å². The maximum atomic E-state index is 11.8. The topological polar surface area (TPSA) is 44.4 Å². The van der Waals surface area contributed by atoms with Crippen LogP contribution in [0.3, 0.4) is 0 Å². The first-order chi connectivity index (χ1) is 10.2. The summed E-state index contributed by atoms with van der Waals surface area (Å²) >= 11 is 5.95. The molecule has 1 atom stereocenters. The van der Waals surface area contributed by atoms with Crippen LogP contribution in [0.1, 0.15) is 18.4 Å². The smallest absolute Gasteiger partial charge is 0.234 e. The lowest BCUT2D eigenvalue weighted by Crippen LogP contribution is -2.59. The van der Waals surface area contributed by atoms with Gasteiger partial charge in [0.15, 0.2) is 0 Å². The van der Waals surface area contributed by atoms with Crippen molar-refractivity contribution in [2.24, 2.45) is 0 Å². The van der Waals surface area contributed by atoms with E-state index in [4.69, 9.17) is 11.6 Å². The Balaban J connectivity index is 0.00000176. The molecule has 0 aliphatic carbocycles. The third-order valence-electron chi connectivity index (χ3n) is 4.49. The lowest BCUT2D eigenvalue weighted by Gasteiger charge is -2.42. The number of hydrogen-bond donors (Lipinski definition) is 2. The predicted octanol–water partition coefficient (Wildman–Crippen LogP) is 1.86. The van der Waals surface area contributed by atoms with Gasteiger partial charge in [-0.1, -0.05) is 23.7 Å². The number of piperidine rings is 1. The van der Waals surface area contributed by atoms with E-state index in [-0.39, 0.29) is 18.3 Å². The summed E-state index contributed by atoms with van der Waals surface area (Å²) in [5, 5.41) is 7.17. The quantitative estimate of drug-likeness (QED) is 0.880. The van der Waals surface area contributed by atoms with Gasteiger partial charge in [0.1, 0.15) is 0 Å². The standard InChI is InChI=1S/C16H22ClN3O.ClH/c17-13-3-1-12(2-4-13)9-15-10-19-16(21)11-20(15)14-5-7-18-8-6-14;/h1-4,14-15,18H,5-11H2,(H,19,21);1H. The van der Waals surface area contributed by atoms with Crippen LogP contribution in [0.2, 0.25) is 5.02 Å². The monoisotopic (exact) mass is 343 g/mol. The number of nitrogens with one attached hydrogen (secondary N) is 2. The molecule has 2 saturated heterocycles. The summed E-state index contributed by atoms with van der Waals surface area (Å²) < 4.78 is 0. The third-order valence-corrected chi connectivity index (χ3v) is 4.74. The minimum atomic E-state index is 0. The van der Waals surface area contributed by atoms with Gasteiger partial charge in [0, 0.05) is 23.7 Å². The lowest BCUT2D eigenvalue weighted by molar-refractivity contribution is -0.127. The number of nitrogens with zero attached hydrogens (tertiary/aromatic N) is 1. The molecular weight excluding hydrogens is 321 g/mol. The van der Waals surface area contributed by atoms with Crippen LogP contribution in [0.5, 0.6) is 0 Å². The van der Waals surface area contributed by atoms with Crippen LogP contribution >= 0.6 is 24.0 Å². The second kappa shape index (κ2) is 8.16. The summed E-state index contributed by atoms with van der Waals surface area (Å²) in [6.07, 6.45) is 3.22. The molecule has 22 heavy (non-hydrogen) atoms. The molecule has 2 fully saturated rings. The van der Waals surface area contributed by atoms with Gasteiger partial charge in [0.05, 0.1) is 6.54 Å². The highest BCUT2D eigenvalue weighted by Gasteiger charge is 2.32. The van der Waals surface area contributed by atoms with E-state index in [1.54, 1.807) is 0 Å². The van der Waals surface area contributed by atoms with Crippen molar-refractivity contribution < 1.29 is 4.79 Å². The molecule has 1 aromatic carbocycles. The second-order valence-electron chi connectivity index (χ2n) is 5.94. The summed E-state index contributed by atoms with van der Waals surface area (Å²) in [7, 11) is 0. The second-order valence-corrected chi connectivity index (χ2v) is 6.38. The SMILES string of the molecule is Cl.O=C1CN(C2CCNCC2)C(Cc2ccc(Cl)cc2)CN1. The molecule has 0 spiro atoms. The fourth-order valence-corrected chi connectivity index (χ4v) is 3.47. The van der Waals surface area contributed by atoms with Crippen LogP contribution in [-0.2, 0) is 11.2 Å². The van der Waals surface area contributed by atoms with Gasteiger partial charge in [-0.2, -0.15) is 0 Å². The summed E-state index contributed by atoms with van der Waals surface area (Å²) in [5.74, 6) is 0.154. The zero-order valence-electron chi connectivity index (χ0n) is 12.6. The number of rotatable bonds is 3. The fourth-order valence-electron chi connectivity index (χ4n) is 3.35. The Hall–Kier alpha value is -0.810. The average molecular weight is 344 g/mol. The molecule has 0 bridgehead atoms. The van der Waals surface area contributed by atoms with Crippen molar-refractivity contribution in [1.82, 2.24) is 15.5 Å². The summed E-state index contributed by atoms with van der Waals surface area (Å²) in [6.45, 7) is 3.38. The van der Waals surface area contributed by atoms with Crippen LogP contribution in [0.25, 0.3) is 0 Å². The maximum absolute atomic E-state index is 11.8. The zero-order valence-corrected chi connectivity index (χ0v) is 14.1. The fraction of sp³-hybridized carbons (Fsp3) is 0.562. The summed E-state index contributed by atoms with van der Waals surface area (Å²) in [5.41, 5.74) is 1.28. The molecule has 4 nitrogen and oxygen atoms in total. The molecule has 122 valence electrons. The summed E-state index contributed by atoms with van der Waals surface area (Å²) in [4.78, 5) is 14.2. The molecule has 1 unspecified atom stereocenters. The van der Waals surface area contributed by atoms with Crippen molar-refractivity contribution >= 4 is 29.9 Å². The highest BCUT2D eigenvalue weighted by molar-refractivity contribution is 6.30. The molecule has 2 heterocycles. The van der Waals surface area contributed by atoms with Crippen LogP contribution in [0.15, 0.2) is 24.3 Å². The number of piperazine rings is 1. The molecular formula is C16H23Cl2N3O. The molecule has 2 aliphatic heterocycles. The Kier molecular flexibility index (Phi) is 6.50. The first-order valence-electron chi connectivity index (χ1n) is 7.70. The Morgan fingerprint density at radius 2 is 1.86 bits per heavy atom. The van der Waals surface area contributed by atoms with E-state index in [1.807, 2.05) is 12.1 Å². The molecule has 0 aromatic heterocycles. The predicted molar refractivity (Wildman–Crippen MR) is 91.8 cm³/mol. The van der Waals surface area contributed by atoms with E-state index in [0.717, 1.165) is 43.9 Å². The van der Waals surface area contributed by atoms with E-state index < -0.39 is 0 Å². The number of halogens is 2. The van der Waals surface area contributed by atoms with Crippen molar-refractivity contribution in [1.29, 1.82) is 0 Å². The number of carbonyl (C=O) groups is 1. The van der Waals surface area contributed by atoms with Crippen molar-refractivity contribution in [2.45, 2.75) is 31.3 Å². The zero-order chi connectivity index (χ0) is 14.7. The molecule has 1 aromatic rings. The van der Waals surface area contributed by atoms with Gasteiger partial charge < -0.3 is 10.6 Å². The van der Waals surface area contributed by atoms with Crippen molar-refractivity contribution in [2.75, 3.05) is 26.2 Å². The Morgan fingerprint density at radius 1 is 1.18 bits per heavy atom. The van der Waals surface area contributed by atoms with Gasteiger partial charge in [-0.05, 0) is 50.0 Å². The largest absolute Gasteiger partial charge is 0.353 e. The Labute approximate surface area is 143 Å². The minimum Gasteiger partial charge on any atom is -0.353 e. The van der Waals surface area contributed by atoms with Crippen LogP contribution in [0.4, 0.5) is 0 Å². The Morgan fingerprint density at radius 3 is 2.55 bits per heavy atom. The number of amides is 1. The first kappa shape index (κ1) is 17.5. The van der Waals surface area contributed by atoms with Crippen LogP contribution in [-0.4, -0.2) is 49.1 Å². The molecule has 1 amide bonds. The maximum Gasteiger partial charge on any atom is 0.234 e. The van der Waals surface area contributed by atoms with E-state index in [9.17, 15) is 4.79 Å². The van der Waals surface area contributed by atoms with Gasteiger partial charge in [-0.3, -0.25) is 9.69 Å². The highest BCUT2D eigenvalue weighted by Crippen LogP contribution is 2.20. The van der Waals surface area contributed by atoms with Gasteiger partial charge in [-0.15, -0.1) is 12.4 Å². The average Bonchev–Trinajstić information content (AvgIpc) is 2.52. The van der Waals surface area contributed by atoms with Crippen molar-refractivity contribution in [3.63, 3.8) is 0 Å². The van der Waals surface area contributed by atoms with E-state index in [1.165, 1.54) is 5.56 Å². The molecule has 3 rings (SSSR count). The van der Waals surface area contributed by atoms with Crippen molar-refractivity contribution in [3.8, 4) is 0 Å². The first-order valence-corrected chi connectivity index (χ1v) is 8.08. The van der Waals surface area contributed by atoms with Crippen LogP contribution < -0.4 is 10.6 Å². The molecule has 0 saturated carbocycles. The van der Waals surface area contributed by atoms with Gasteiger partial charge >= 0.3 is 0 Å². The van der Waals surface area contributed by atoms with E-state index in [2.05, 4.69) is 27.7 Å². The van der Waals surface area contributed by atoms with E-state index in [0.29, 0.717) is 18.6 Å². The Bertz CT molecular complexity index is 489. The number of benzene rings is 1. The van der Waals surface area contributed by atoms with Crippen LogP contribution in [0, 0.1) is 0 Å². The molecule has 0 radical (unpaired) electrons. The third kappa shape index (κ3) is 4.35. The molecule has 6 heteroatoms. The lowest BCUT2D eigenvalue weighted by atomic mass is 9.97. The number of carbonyl (C=O) groups excluding carboxylic acids is 1. The molecule has 2 N–H and O–H groups in total. The van der Waals surface area contributed by atoms with Gasteiger partial charge in [0.25, 0.3) is 0 Å². The minimum absolute atomic E-state index is 0. The molecule has 2 aliphatic rings. The number of hydrogen-bond acceptors (Lipinski definition) is 3. The normalized spacial score (nSPS) is 23.7. The van der Waals surface area contributed by atoms with Gasteiger partial charge in [0.2, 0.25) is 5.91 Å². The highest BCUT2D eigenvalue weighted by atomic mass is 35.5. The van der Waals surface area contributed by atoms with E-state index >= 15 is 0 Å².